The molecule has 1 saturated carbocycles. The van der Waals surface area contributed by atoms with E-state index in [0.717, 1.165) is 10.4 Å². The summed E-state index contributed by atoms with van der Waals surface area (Å²) in [6.07, 6.45) is 8.24. The summed E-state index contributed by atoms with van der Waals surface area (Å²) in [5.41, 5.74) is 1.26. The molecule has 0 unspecified atom stereocenters. The normalized spacial score (nSPS) is 24.6. The number of hydrogen-bond donors (Lipinski definition) is 1. The van der Waals surface area contributed by atoms with Crippen LogP contribution >= 0.6 is 15.9 Å². The highest BCUT2D eigenvalue weighted by molar-refractivity contribution is 9.10. The molecule has 1 aliphatic rings. The lowest BCUT2D eigenvalue weighted by Crippen LogP contribution is -2.25. The van der Waals surface area contributed by atoms with Crippen molar-refractivity contribution in [3.8, 4) is 0 Å². The number of anilines is 1. The van der Waals surface area contributed by atoms with Gasteiger partial charge < -0.3 is 5.32 Å². The van der Waals surface area contributed by atoms with Gasteiger partial charge in [0.1, 0.15) is 0 Å². The molecule has 0 radical (unpaired) electrons. The maximum Gasteiger partial charge on any atom is 0.0343 e. The van der Waals surface area contributed by atoms with Gasteiger partial charge >= 0.3 is 0 Å². The van der Waals surface area contributed by atoms with Crippen LogP contribution in [-0.4, -0.2) is 6.04 Å². The van der Waals surface area contributed by atoms with Gasteiger partial charge in [-0.05, 0) is 55.9 Å². The first kappa shape index (κ1) is 12.9. The molecule has 17 heavy (non-hydrogen) atoms. The van der Waals surface area contributed by atoms with Crippen LogP contribution in [0.1, 0.15) is 45.4 Å². The zero-order chi connectivity index (χ0) is 12.1. The average Bonchev–Trinajstić information content (AvgIpc) is 2.35. The van der Waals surface area contributed by atoms with E-state index < -0.39 is 0 Å². The Morgan fingerprint density at radius 2 is 1.76 bits per heavy atom. The van der Waals surface area contributed by atoms with Gasteiger partial charge in [-0.2, -0.15) is 0 Å². The van der Waals surface area contributed by atoms with Crippen molar-refractivity contribution in [3.63, 3.8) is 0 Å². The molecule has 2 rings (SSSR count). The highest BCUT2D eigenvalue weighted by atomic mass is 79.9. The van der Waals surface area contributed by atoms with Crippen LogP contribution in [0.15, 0.2) is 28.7 Å². The highest BCUT2D eigenvalue weighted by Crippen LogP contribution is 2.29. The van der Waals surface area contributed by atoms with Crippen molar-refractivity contribution in [1.82, 2.24) is 0 Å². The molecule has 1 aliphatic carbocycles. The molecule has 0 aliphatic heterocycles. The Hall–Kier alpha value is -0.500. The fourth-order valence-corrected chi connectivity index (χ4v) is 3.05. The Balaban J connectivity index is 1.79. The summed E-state index contributed by atoms with van der Waals surface area (Å²) in [5, 5.41) is 3.65. The third-order valence-corrected chi connectivity index (χ3v) is 4.29. The predicted octanol–water partition coefficient (Wildman–Crippen LogP) is 5.22. The van der Waals surface area contributed by atoms with Crippen molar-refractivity contribution in [3.05, 3.63) is 28.7 Å². The van der Waals surface area contributed by atoms with Crippen molar-refractivity contribution < 1.29 is 0 Å². The smallest absolute Gasteiger partial charge is 0.0343 e. The van der Waals surface area contributed by atoms with Crippen molar-refractivity contribution >= 4 is 21.6 Å². The second-order valence-corrected chi connectivity index (χ2v) is 6.07. The van der Waals surface area contributed by atoms with Crippen molar-refractivity contribution in [1.29, 1.82) is 0 Å². The van der Waals surface area contributed by atoms with Crippen LogP contribution in [0.4, 0.5) is 5.69 Å². The van der Waals surface area contributed by atoms with E-state index in [2.05, 4.69) is 52.4 Å². The van der Waals surface area contributed by atoms with Crippen LogP contribution < -0.4 is 5.32 Å². The van der Waals surface area contributed by atoms with Crippen molar-refractivity contribution in [2.45, 2.75) is 51.5 Å². The number of halogens is 1. The molecule has 1 N–H and O–H groups in total. The molecule has 1 aromatic carbocycles. The van der Waals surface area contributed by atoms with E-state index in [1.165, 1.54) is 44.2 Å². The molecule has 0 aromatic heterocycles. The lowest BCUT2D eigenvalue weighted by Gasteiger charge is -2.29. The van der Waals surface area contributed by atoms with Crippen LogP contribution in [0.5, 0.6) is 0 Å². The van der Waals surface area contributed by atoms with E-state index in [1.807, 2.05) is 0 Å². The first-order valence-corrected chi connectivity index (χ1v) is 7.59. The quantitative estimate of drug-likeness (QED) is 0.803. The Bertz CT molecular complexity index is 325. The molecule has 0 bridgehead atoms. The number of hydrogen-bond acceptors (Lipinski definition) is 1. The number of benzene rings is 1. The van der Waals surface area contributed by atoms with E-state index in [1.54, 1.807) is 0 Å². The fourth-order valence-electron chi connectivity index (χ4n) is 2.79. The molecule has 0 heterocycles. The molecule has 0 amide bonds. The van der Waals surface area contributed by atoms with Gasteiger partial charge in [0.2, 0.25) is 0 Å². The van der Waals surface area contributed by atoms with Gasteiger partial charge in [-0.15, -0.1) is 0 Å². The summed E-state index contributed by atoms with van der Waals surface area (Å²) < 4.78 is 1.15. The Labute approximate surface area is 113 Å². The predicted molar refractivity (Wildman–Crippen MR) is 78.4 cm³/mol. The summed E-state index contributed by atoms with van der Waals surface area (Å²) in [5.74, 6) is 0.989. The minimum atomic E-state index is 0.685. The fraction of sp³-hybridized carbons (Fsp3) is 0.600. The van der Waals surface area contributed by atoms with Crippen molar-refractivity contribution in [2.24, 2.45) is 5.92 Å². The SMILES string of the molecule is CCCC1CCC(Nc2ccc(Br)cc2)CC1. The van der Waals surface area contributed by atoms with Crippen LogP contribution in [0, 0.1) is 5.92 Å². The average molecular weight is 296 g/mol. The first-order chi connectivity index (χ1) is 8.28. The van der Waals surface area contributed by atoms with E-state index in [9.17, 15) is 0 Å². The molecular weight excluding hydrogens is 274 g/mol. The molecule has 94 valence electrons. The third kappa shape index (κ3) is 4.02. The van der Waals surface area contributed by atoms with Gasteiger partial charge in [-0.1, -0.05) is 35.7 Å². The maximum atomic E-state index is 3.65. The second-order valence-electron chi connectivity index (χ2n) is 5.16. The molecule has 1 fully saturated rings. The third-order valence-electron chi connectivity index (χ3n) is 3.76. The topological polar surface area (TPSA) is 12.0 Å². The highest BCUT2D eigenvalue weighted by Gasteiger charge is 2.20. The van der Waals surface area contributed by atoms with Crippen LogP contribution in [0.2, 0.25) is 0 Å². The summed E-state index contributed by atoms with van der Waals surface area (Å²) in [7, 11) is 0. The van der Waals surface area contributed by atoms with Gasteiger partial charge in [0.05, 0.1) is 0 Å². The first-order valence-electron chi connectivity index (χ1n) is 6.80. The second kappa shape index (κ2) is 6.44. The van der Waals surface area contributed by atoms with Crippen molar-refractivity contribution in [2.75, 3.05) is 5.32 Å². The Morgan fingerprint density at radius 1 is 1.12 bits per heavy atom. The van der Waals surface area contributed by atoms with E-state index in [-0.39, 0.29) is 0 Å². The van der Waals surface area contributed by atoms with E-state index >= 15 is 0 Å². The molecular formula is C15H22BrN. The summed E-state index contributed by atoms with van der Waals surface area (Å²) in [6.45, 7) is 2.30. The monoisotopic (exact) mass is 295 g/mol. The number of rotatable bonds is 4. The Kier molecular flexibility index (Phi) is 4.90. The summed E-state index contributed by atoms with van der Waals surface area (Å²) >= 11 is 3.47. The standard InChI is InChI=1S/C15H22BrN/c1-2-3-12-4-8-14(9-5-12)17-15-10-6-13(16)7-11-15/h6-7,10-12,14,17H,2-5,8-9H2,1H3. The molecule has 0 spiro atoms. The lowest BCUT2D eigenvalue weighted by atomic mass is 9.83. The van der Waals surface area contributed by atoms with E-state index in [4.69, 9.17) is 0 Å². The van der Waals surface area contributed by atoms with Gasteiger partial charge in [-0.25, -0.2) is 0 Å². The van der Waals surface area contributed by atoms with Crippen LogP contribution in [0.3, 0.4) is 0 Å². The van der Waals surface area contributed by atoms with Gasteiger partial charge in [0.25, 0.3) is 0 Å². The van der Waals surface area contributed by atoms with Gasteiger partial charge in [0.15, 0.2) is 0 Å². The minimum Gasteiger partial charge on any atom is -0.382 e. The largest absolute Gasteiger partial charge is 0.382 e. The number of nitrogens with one attached hydrogen (secondary N) is 1. The minimum absolute atomic E-state index is 0.685. The Morgan fingerprint density at radius 3 is 2.35 bits per heavy atom. The molecule has 0 saturated heterocycles. The lowest BCUT2D eigenvalue weighted by molar-refractivity contribution is 0.319. The zero-order valence-corrected chi connectivity index (χ0v) is 12.2. The van der Waals surface area contributed by atoms with Gasteiger partial charge in [0, 0.05) is 16.2 Å². The molecule has 0 atom stereocenters. The molecule has 1 nitrogen and oxygen atoms in total. The summed E-state index contributed by atoms with van der Waals surface area (Å²) in [6, 6.07) is 9.20. The molecule has 2 heteroatoms. The van der Waals surface area contributed by atoms with Crippen LogP contribution in [0.25, 0.3) is 0 Å². The van der Waals surface area contributed by atoms with Crippen LogP contribution in [-0.2, 0) is 0 Å². The van der Waals surface area contributed by atoms with Gasteiger partial charge in [-0.3, -0.25) is 0 Å². The summed E-state index contributed by atoms with van der Waals surface area (Å²) in [4.78, 5) is 0. The molecule has 1 aromatic rings. The van der Waals surface area contributed by atoms with E-state index in [0.29, 0.717) is 6.04 Å². The maximum absolute atomic E-state index is 3.65. The zero-order valence-electron chi connectivity index (χ0n) is 10.6.